The third-order valence-electron chi connectivity index (χ3n) is 3.31. The third kappa shape index (κ3) is 2.67. The summed E-state index contributed by atoms with van der Waals surface area (Å²) in [4.78, 5) is 25.5. The van der Waals surface area contributed by atoms with Gasteiger partial charge in [-0.25, -0.2) is 4.79 Å². The van der Waals surface area contributed by atoms with Crippen LogP contribution in [-0.4, -0.2) is 29.9 Å². The van der Waals surface area contributed by atoms with Crippen LogP contribution in [0.1, 0.15) is 18.1 Å². The lowest BCUT2D eigenvalue weighted by Crippen LogP contribution is -2.48. The summed E-state index contributed by atoms with van der Waals surface area (Å²) in [6.07, 6.45) is 3.66. The van der Waals surface area contributed by atoms with Crippen molar-refractivity contribution >= 4 is 11.9 Å². The fourth-order valence-electron chi connectivity index (χ4n) is 2.34. The molecule has 0 fully saturated rings. The van der Waals surface area contributed by atoms with Gasteiger partial charge in [-0.2, -0.15) is 0 Å². The predicted octanol–water partition coefficient (Wildman–Crippen LogP) is 1.69. The lowest BCUT2D eigenvalue weighted by atomic mass is 9.94. The second-order valence-corrected chi connectivity index (χ2v) is 4.48. The number of benzene rings is 1. The Balaban J connectivity index is 2.34. The van der Waals surface area contributed by atoms with Crippen molar-refractivity contribution in [2.75, 3.05) is 7.11 Å². The predicted molar refractivity (Wildman–Crippen MR) is 71.3 cm³/mol. The van der Waals surface area contributed by atoms with Crippen LogP contribution < -0.4 is 0 Å². The first-order chi connectivity index (χ1) is 9.17. The number of rotatable bonds is 2. The lowest BCUT2D eigenvalue weighted by Gasteiger charge is -2.34. The van der Waals surface area contributed by atoms with Crippen LogP contribution in [0.2, 0.25) is 0 Å². The first kappa shape index (κ1) is 13.3. The van der Waals surface area contributed by atoms with Gasteiger partial charge in [0.2, 0.25) is 5.91 Å². The van der Waals surface area contributed by atoms with Crippen molar-refractivity contribution in [3.05, 3.63) is 47.5 Å². The molecule has 1 aromatic carbocycles. The van der Waals surface area contributed by atoms with Crippen molar-refractivity contribution < 1.29 is 14.3 Å². The molecule has 4 heteroatoms. The number of esters is 1. The number of hydrogen-bond donors (Lipinski definition) is 0. The smallest absolute Gasteiger partial charge is 0.328 e. The molecule has 100 valence electrons. The van der Waals surface area contributed by atoms with Crippen molar-refractivity contribution in [3.63, 3.8) is 0 Å². The monoisotopic (exact) mass is 259 g/mol. The van der Waals surface area contributed by atoms with E-state index in [1.807, 2.05) is 24.3 Å². The van der Waals surface area contributed by atoms with E-state index < -0.39 is 6.04 Å². The van der Waals surface area contributed by atoms with Gasteiger partial charge in [-0.15, -0.1) is 0 Å². The number of carbonyl (C=O) groups excluding carboxylic acids is 2. The van der Waals surface area contributed by atoms with Crippen LogP contribution >= 0.6 is 0 Å². The number of fused-ring (bicyclic) bond motifs is 1. The average Bonchev–Trinajstić information content (AvgIpc) is 2.45. The Morgan fingerprint density at radius 3 is 2.63 bits per heavy atom. The van der Waals surface area contributed by atoms with Gasteiger partial charge in [0.25, 0.3) is 0 Å². The highest BCUT2D eigenvalue weighted by Gasteiger charge is 2.34. The second-order valence-electron chi connectivity index (χ2n) is 4.48. The van der Waals surface area contributed by atoms with E-state index in [2.05, 4.69) is 0 Å². The minimum Gasteiger partial charge on any atom is -0.467 e. The maximum Gasteiger partial charge on any atom is 0.328 e. The number of carbonyl (C=O) groups is 2. The molecule has 0 N–H and O–H groups in total. The molecule has 19 heavy (non-hydrogen) atoms. The van der Waals surface area contributed by atoms with E-state index in [1.54, 1.807) is 17.9 Å². The number of hydrogen-bond acceptors (Lipinski definition) is 3. The molecule has 1 amide bonds. The standard InChI is InChI=1S/C15H17NO3/c1-3-6-14(17)16-10-12-8-5-4-7-11(12)9-13(16)15(18)19-2/h3-8,13H,9-10H2,1-2H3. The molecule has 4 nitrogen and oxygen atoms in total. The summed E-state index contributed by atoms with van der Waals surface area (Å²) >= 11 is 0. The molecule has 1 aliphatic rings. The quantitative estimate of drug-likeness (QED) is 0.600. The van der Waals surface area contributed by atoms with Gasteiger partial charge in [-0.3, -0.25) is 4.79 Å². The number of ether oxygens (including phenoxy) is 1. The van der Waals surface area contributed by atoms with Crippen LogP contribution in [0.3, 0.4) is 0 Å². The van der Waals surface area contributed by atoms with E-state index in [0.717, 1.165) is 11.1 Å². The first-order valence-corrected chi connectivity index (χ1v) is 6.25. The first-order valence-electron chi connectivity index (χ1n) is 6.25. The van der Waals surface area contributed by atoms with Crippen molar-refractivity contribution in [1.29, 1.82) is 0 Å². The zero-order chi connectivity index (χ0) is 13.8. The Bertz CT molecular complexity index is 522. The Morgan fingerprint density at radius 1 is 1.32 bits per heavy atom. The minimum atomic E-state index is -0.538. The minimum absolute atomic E-state index is 0.160. The number of amides is 1. The molecule has 0 aromatic heterocycles. The molecule has 0 spiro atoms. The normalized spacial score (nSPS) is 18.2. The summed E-state index contributed by atoms with van der Waals surface area (Å²) in [5.41, 5.74) is 2.18. The summed E-state index contributed by atoms with van der Waals surface area (Å²) in [6, 6.07) is 7.32. The van der Waals surface area contributed by atoms with E-state index in [1.165, 1.54) is 13.2 Å². The molecule has 0 radical (unpaired) electrons. The molecule has 1 unspecified atom stereocenters. The fraction of sp³-hybridized carbons (Fsp3) is 0.333. The van der Waals surface area contributed by atoms with Gasteiger partial charge in [-0.05, 0) is 24.1 Å². The van der Waals surface area contributed by atoms with Crippen LogP contribution in [0.4, 0.5) is 0 Å². The van der Waals surface area contributed by atoms with Gasteiger partial charge in [0.05, 0.1) is 7.11 Å². The molecular formula is C15H17NO3. The van der Waals surface area contributed by atoms with Crippen LogP contribution in [-0.2, 0) is 27.3 Å². The lowest BCUT2D eigenvalue weighted by molar-refractivity contribution is -0.152. The van der Waals surface area contributed by atoms with Crippen molar-refractivity contribution in [3.8, 4) is 0 Å². The maximum atomic E-state index is 12.1. The molecular weight excluding hydrogens is 242 g/mol. The fourth-order valence-corrected chi connectivity index (χ4v) is 2.34. The van der Waals surface area contributed by atoms with Gasteiger partial charge in [0.1, 0.15) is 6.04 Å². The second kappa shape index (κ2) is 5.69. The molecule has 0 saturated carbocycles. The SMILES string of the molecule is CC=CC(=O)N1Cc2ccccc2CC1C(=O)OC. The highest BCUT2D eigenvalue weighted by molar-refractivity contribution is 5.92. The third-order valence-corrected chi connectivity index (χ3v) is 3.31. The Labute approximate surface area is 112 Å². The van der Waals surface area contributed by atoms with E-state index in [4.69, 9.17) is 4.74 Å². The Morgan fingerprint density at radius 2 is 2.00 bits per heavy atom. The molecule has 1 aliphatic heterocycles. The van der Waals surface area contributed by atoms with E-state index in [-0.39, 0.29) is 11.9 Å². The molecule has 1 atom stereocenters. The van der Waals surface area contributed by atoms with Gasteiger partial charge in [-0.1, -0.05) is 30.3 Å². The van der Waals surface area contributed by atoms with E-state index in [9.17, 15) is 9.59 Å². The summed E-state index contributed by atoms with van der Waals surface area (Å²) in [6.45, 7) is 2.22. The molecule has 1 aromatic rings. The summed E-state index contributed by atoms with van der Waals surface area (Å²) in [7, 11) is 1.35. The van der Waals surface area contributed by atoms with Crippen LogP contribution in [0.25, 0.3) is 0 Å². The summed E-state index contributed by atoms with van der Waals surface area (Å²) in [5.74, 6) is -0.528. The summed E-state index contributed by atoms with van der Waals surface area (Å²) in [5, 5.41) is 0. The van der Waals surface area contributed by atoms with E-state index in [0.29, 0.717) is 13.0 Å². The number of nitrogens with zero attached hydrogens (tertiary/aromatic N) is 1. The van der Waals surface area contributed by atoms with Gasteiger partial charge >= 0.3 is 5.97 Å². The van der Waals surface area contributed by atoms with Gasteiger partial charge < -0.3 is 9.64 Å². The molecule has 2 rings (SSSR count). The zero-order valence-electron chi connectivity index (χ0n) is 11.1. The molecule has 0 saturated heterocycles. The molecule has 0 bridgehead atoms. The van der Waals surface area contributed by atoms with E-state index >= 15 is 0 Å². The van der Waals surface area contributed by atoms with Gasteiger partial charge in [0.15, 0.2) is 0 Å². The molecule has 1 heterocycles. The maximum absolute atomic E-state index is 12.1. The van der Waals surface area contributed by atoms with Crippen molar-refractivity contribution in [2.24, 2.45) is 0 Å². The highest BCUT2D eigenvalue weighted by atomic mass is 16.5. The van der Waals surface area contributed by atoms with Crippen molar-refractivity contribution in [1.82, 2.24) is 4.90 Å². The zero-order valence-corrected chi connectivity index (χ0v) is 11.1. The Kier molecular flexibility index (Phi) is 4.00. The average molecular weight is 259 g/mol. The summed E-state index contributed by atoms with van der Waals surface area (Å²) < 4.78 is 4.81. The molecule has 0 aliphatic carbocycles. The number of methoxy groups -OCH3 is 1. The largest absolute Gasteiger partial charge is 0.467 e. The topological polar surface area (TPSA) is 46.6 Å². The van der Waals surface area contributed by atoms with Gasteiger partial charge in [0, 0.05) is 13.0 Å². The van der Waals surface area contributed by atoms with Crippen LogP contribution in [0.5, 0.6) is 0 Å². The number of allylic oxidation sites excluding steroid dienone is 1. The van der Waals surface area contributed by atoms with Crippen molar-refractivity contribution in [2.45, 2.75) is 25.9 Å². The highest BCUT2D eigenvalue weighted by Crippen LogP contribution is 2.24. The van der Waals surface area contributed by atoms with Crippen LogP contribution in [0, 0.1) is 0 Å². The Hall–Kier alpha value is -2.10. The van der Waals surface area contributed by atoms with Crippen LogP contribution in [0.15, 0.2) is 36.4 Å².